The first kappa shape index (κ1) is 12.4. The van der Waals surface area contributed by atoms with Crippen molar-refractivity contribution in [2.24, 2.45) is 5.73 Å². The fourth-order valence-electron chi connectivity index (χ4n) is 1.74. The number of nitrogens with two attached hydrogens (primary N) is 2. The van der Waals surface area contributed by atoms with Gasteiger partial charge < -0.3 is 11.5 Å². The van der Waals surface area contributed by atoms with Crippen LogP contribution in [0.2, 0.25) is 5.02 Å². The summed E-state index contributed by atoms with van der Waals surface area (Å²) in [4.78, 5) is 11.3. The highest BCUT2D eigenvalue weighted by atomic mass is 35.5. The molecule has 0 unspecified atom stereocenters. The second-order valence-electron chi connectivity index (χ2n) is 3.77. The first-order valence-corrected chi connectivity index (χ1v) is 5.52. The maximum absolute atomic E-state index is 13.5. The topological polar surface area (TPSA) is 69.1 Å². The van der Waals surface area contributed by atoms with Crippen LogP contribution in [-0.2, 0) is 0 Å². The van der Waals surface area contributed by atoms with Gasteiger partial charge in [0.2, 0.25) is 5.91 Å². The third kappa shape index (κ3) is 2.15. The molecule has 0 radical (unpaired) electrons. The van der Waals surface area contributed by atoms with E-state index in [-0.39, 0.29) is 16.3 Å². The molecule has 4 N–H and O–H groups in total. The number of carbonyl (C=O) groups excluding carboxylic acids is 1. The minimum atomic E-state index is -0.633. The second kappa shape index (κ2) is 4.66. The van der Waals surface area contributed by atoms with Crippen LogP contribution in [0.5, 0.6) is 0 Å². The summed E-state index contributed by atoms with van der Waals surface area (Å²) in [6.45, 7) is 0. The molecule has 0 saturated heterocycles. The van der Waals surface area contributed by atoms with Gasteiger partial charge in [-0.25, -0.2) is 4.39 Å². The van der Waals surface area contributed by atoms with Gasteiger partial charge in [-0.15, -0.1) is 0 Å². The fourth-order valence-corrected chi connectivity index (χ4v) is 1.95. The summed E-state index contributed by atoms with van der Waals surface area (Å²) >= 11 is 5.89. The monoisotopic (exact) mass is 264 g/mol. The Morgan fingerprint density at radius 2 is 1.83 bits per heavy atom. The molecule has 3 nitrogen and oxygen atoms in total. The SMILES string of the molecule is NC(=O)c1ccccc1-c1cc(N)cc(F)c1Cl. The molecule has 0 bridgehead atoms. The van der Waals surface area contributed by atoms with E-state index in [0.29, 0.717) is 11.1 Å². The van der Waals surface area contributed by atoms with E-state index in [0.717, 1.165) is 6.07 Å². The Morgan fingerprint density at radius 3 is 2.50 bits per heavy atom. The molecule has 2 aromatic rings. The number of hydrogen-bond acceptors (Lipinski definition) is 2. The van der Waals surface area contributed by atoms with Gasteiger partial charge in [0.05, 0.1) is 5.02 Å². The fraction of sp³-hybridized carbons (Fsp3) is 0. The number of nitrogen functional groups attached to an aromatic ring is 1. The van der Waals surface area contributed by atoms with E-state index in [9.17, 15) is 9.18 Å². The van der Waals surface area contributed by atoms with Crippen molar-refractivity contribution < 1.29 is 9.18 Å². The van der Waals surface area contributed by atoms with E-state index < -0.39 is 11.7 Å². The minimum absolute atomic E-state index is 0.0853. The molecule has 0 spiro atoms. The number of carbonyl (C=O) groups is 1. The smallest absolute Gasteiger partial charge is 0.249 e. The van der Waals surface area contributed by atoms with Crippen molar-refractivity contribution in [2.45, 2.75) is 0 Å². The molecular formula is C13H10ClFN2O. The van der Waals surface area contributed by atoms with Crippen LogP contribution in [-0.4, -0.2) is 5.91 Å². The lowest BCUT2D eigenvalue weighted by atomic mass is 9.98. The molecule has 0 aliphatic heterocycles. The van der Waals surface area contributed by atoms with Crippen LogP contribution in [0, 0.1) is 5.82 Å². The average molecular weight is 265 g/mol. The van der Waals surface area contributed by atoms with Crippen molar-refractivity contribution in [3.8, 4) is 11.1 Å². The number of primary amides is 1. The van der Waals surface area contributed by atoms with Crippen molar-refractivity contribution in [2.75, 3.05) is 5.73 Å². The Kier molecular flexibility index (Phi) is 3.21. The number of hydrogen-bond donors (Lipinski definition) is 2. The molecule has 0 atom stereocenters. The van der Waals surface area contributed by atoms with Gasteiger partial charge in [0.25, 0.3) is 0 Å². The summed E-state index contributed by atoms with van der Waals surface area (Å²) in [7, 11) is 0. The summed E-state index contributed by atoms with van der Waals surface area (Å²) in [6.07, 6.45) is 0. The number of anilines is 1. The maximum Gasteiger partial charge on any atom is 0.249 e. The van der Waals surface area contributed by atoms with Gasteiger partial charge in [-0.1, -0.05) is 29.8 Å². The van der Waals surface area contributed by atoms with Crippen LogP contribution in [0.1, 0.15) is 10.4 Å². The van der Waals surface area contributed by atoms with Crippen LogP contribution in [0.15, 0.2) is 36.4 Å². The number of halogens is 2. The average Bonchev–Trinajstić information content (AvgIpc) is 2.33. The molecule has 2 rings (SSSR count). The summed E-state index contributed by atoms with van der Waals surface area (Å²) < 4.78 is 13.5. The highest BCUT2D eigenvalue weighted by molar-refractivity contribution is 6.33. The van der Waals surface area contributed by atoms with Crippen molar-refractivity contribution in [3.05, 3.63) is 52.8 Å². The maximum atomic E-state index is 13.5. The highest BCUT2D eigenvalue weighted by Crippen LogP contribution is 2.34. The van der Waals surface area contributed by atoms with Crippen LogP contribution < -0.4 is 11.5 Å². The van der Waals surface area contributed by atoms with E-state index in [1.807, 2.05) is 0 Å². The second-order valence-corrected chi connectivity index (χ2v) is 4.15. The molecule has 5 heteroatoms. The summed E-state index contributed by atoms with van der Waals surface area (Å²) in [5, 5.41) is -0.0853. The lowest BCUT2D eigenvalue weighted by Crippen LogP contribution is -2.12. The molecule has 0 aliphatic carbocycles. The summed E-state index contributed by atoms with van der Waals surface area (Å²) in [6, 6.07) is 9.19. The Hall–Kier alpha value is -2.07. The van der Waals surface area contributed by atoms with Gasteiger partial charge >= 0.3 is 0 Å². The summed E-state index contributed by atoms with van der Waals surface area (Å²) in [5.41, 5.74) is 12.2. The molecule has 0 aromatic heterocycles. The molecule has 0 fully saturated rings. The van der Waals surface area contributed by atoms with Gasteiger partial charge in [0.1, 0.15) is 5.82 Å². The van der Waals surface area contributed by atoms with Gasteiger partial charge in [-0.2, -0.15) is 0 Å². The van der Waals surface area contributed by atoms with Crippen molar-refractivity contribution in [1.29, 1.82) is 0 Å². The van der Waals surface area contributed by atoms with E-state index in [2.05, 4.69) is 0 Å². The predicted molar refractivity (Wildman–Crippen MR) is 69.8 cm³/mol. The van der Waals surface area contributed by atoms with Crippen LogP contribution in [0.3, 0.4) is 0 Å². The summed E-state index contributed by atoms with van der Waals surface area (Å²) in [5.74, 6) is -1.24. The first-order chi connectivity index (χ1) is 8.50. The lowest BCUT2D eigenvalue weighted by Gasteiger charge is -2.10. The van der Waals surface area contributed by atoms with E-state index in [4.69, 9.17) is 23.1 Å². The normalized spacial score (nSPS) is 10.3. The Balaban J connectivity index is 2.73. The zero-order chi connectivity index (χ0) is 13.3. The van der Waals surface area contributed by atoms with Gasteiger partial charge in [0, 0.05) is 16.8 Å². The molecule has 0 aliphatic rings. The molecule has 2 aromatic carbocycles. The van der Waals surface area contributed by atoms with Crippen molar-refractivity contribution in [1.82, 2.24) is 0 Å². The van der Waals surface area contributed by atoms with Crippen molar-refractivity contribution in [3.63, 3.8) is 0 Å². The van der Waals surface area contributed by atoms with Crippen LogP contribution in [0.25, 0.3) is 11.1 Å². The quantitative estimate of drug-likeness (QED) is 0.819. The third-order valence-corrected chi connectivity index (χ3v) is 2.92. The molecular weight excluding hydrogens is 255 g/mol. The van der Waals surface area contributed by atoms with E-state index in [1.54, 1.807) is 24.3 Å². The zero-order valence-electron chi connectivity index (χ0n) is 9.28. The van der Waals surface area contributed by atoms with Crippen molar-refractivity contribution >= 4 is 23.2 Å². The zero-order valence-corrected chi connectivity index (χ0v) is 10.0. The van der Waals surface area contributed by atoms with Crippen LogP contribution in [0.4, 0.5) is 10.1 Å². The van der Waals surface area contributed by atoms with Gasteiger partial charge in [0.15, 0.2) is 0 Å². The minimum Gasteiger partial charge on any atom is -0.399 e. The first-order valence-electron chi connectivity index (χ1n) is 5.14. The van der Waals surface area contributed by atoms with Gasteiger partial charge in [-0.05, 0) is 23.8 Å². The van der Waals surface area contributed by atoms with E-state index in [1.165, 1.54) is 6.07 Å². The number of rotatable bonds is 2. The lowest BCUT2D eigenvalue weighted by molar-refractivity contribution is 0.100. The molecule has 92 valence electrons. The molecule has 0 saturated carbocycles. The Labute approximate surface area is 108 Å². The number of benzene rings is 2. The predicted octanol–water partition coefficient (Wildman–Crippen LogP) is 2.83. The van der Waals surface area contributed by atoms with Gasteiger partial charge in [-0.3, -0.25) is 4.79 Å². The molecule has 18 heavy (non-hydrogen) atoms. The van der Waals surface area contributed by atoms with E-state index >= 15 is 0 Å². The number of amides is 1. The molecule has 1 amide bonds. The Morgan fingerprint density at radius 1 is 1.17 bits per heavy atom. The third-order valence-electron chi connectivity index (χ3n) is 2.53. The van der Waals surface area contributed by atoms with Crippen LogP contribution >= 0.6 is 11.6 Å². The highest BCUT2D eigenvalue weighted by Gasteiger charge is 2.15. The largest absolute Gasteiger partial charge is 0.399 e. The molecule has 0 heterocycles. The standard InChI is InChI=1S/C13H10ClFN2O/c14-12-10(5-7(16)6-11(12)15)8-3-1-2-4-9(8)13(17)18/h1-6H,16H2,(H2,17,18). The Bertz CT molecular complexity index is 628.